The largest absolute Gasteiger partial charge is 0.481 e. The average Bonchev–Trinajstić information content (AvgIpc) is 2.24. The number of rotatable bonds is 4. The highest BCUT2D eigenvalue weighted by Gasteiger charge is 2.47. The van der Waals surface area contributed by atoms with Gasteiger partial charge < -0.3 is 14.7 Å². The number of carboxylic acid groups (broad SMARTS) is 1. The highest BCUT2D eigenvalue weighted by atomic mass is 16.5. The monoisotopic (exact) mass is 227 g/mol. The Hall–Kier alpha value is -0.610. The van der Waals surface area contributed by atoms with Gasteiger partial charge in [-0.3, -0.25) is 4.79 Å². The lowest BCUT2D eigenvalue weighted by Gasteiger charge is -2.42. The Morgan fingerprint density at radius 1 is 1.38 bits per heavy atom. The molecule has 2 fully saturated rings. The fourth-order valence-corrected chi connectivity index (χ4v) is 2.76. The average molecular weight is 227 g/mol. The van der Waals surface area contributed by atoms with Crippen molar-refractivity contribution >= 4 is 5.97 Å². The van der Waals surface area contributed by atoms with Gasteiger partial charge in [0, 0.05) is 12.6 Å². The predicted octanol–water partition coefficient (Wildman–Crippen LogP) is 1.35. The Morgan fingerprint density at radius 3 is 2.44 bits per heavy atom. The molecule has 1 saturated heterocycles. The van der Waals surface area contributed by atoms with E-state index in [4.69, 9.17) is 4.74 Å². The smallest absolute Gasteiger partial charge is 0.315 e. The molecule has 4 heteroatoms. The minimum Gasteiger partial charge on any atom is -0.481 e. The van der Waals surface area contributed by atoms with Crippen LogP contribution in [0.2, 0.25) is 0 Å². The SMILES string of the molecule is CN(CC1(C(=O)O)COC1)C1CCCCC1. The molecule has 2 rings (SSSR count). The molecule has 0 amide bonds. The van der Waals surface area contributed by atoms with E-state index in [1.807, 2.05) is 0 Å². The molecule has 0 aromatic rings. The maximum absolute atomic E-state index is 11.2. The van der Waals surface area contributed by atoms with Crippen molar-refractivity contribution in [2.45, 2.75) is 38.1 Å². The molecule has 1 aliphatic carbocycles. The zero-order chi connectivity index (χ0) is 11.6. The van der Waals surface area contributed by atoms with Crippen LogP contribution in [0.4, 0.5) is 0 Å². The first-order valence-corrected chi connectivity index (χ1v) is 6.15. The first kappa shape index (κ1) is 11.9. The van der Waals surface area contributed by atoms with Crippen molar-refractivity contribution in [1.29, 1.82) is 0 Å². The minimum atomic E-state index is -0.707. The third kappa shape index (κ3) is 2.23. The van der Waals surface area contributed by atoms with E-state index in [0.717, 1.165) is 0 Å². The quantitative estimate of drug-likeness (QED) is 0.787. The number of hydrogen-bond donors (Lipinski definition) is 1. The van der Waals surface area contributed by atoms with Crippen LogP contribution in [-0.4, -0.2) is 48.8 Å². The molecule has 2 aliphatic rings. The molecule has 4 nitrogen and oxygen atoms in total. The topological polar surface area (TPSA) is 49.8 Å². The van der Waals surface area contributed by atoms with E-state index < -0.39 is 11.4 Å². The molecule has 1 heterocycles. The van der Waals surface area contributed by atoms with Crippen LogP contribution in [0.25, 0.3) is 0 Å². The van der Waals surface area contributed by atoms with E-state index in [0.29, 0.717) is 25.8 Å². The first-order chi connectivity index (χ1) is 7.64. The molecule has 0 bridgehead atoms. The molecule has 0 spiro atoms. The van der Waals surface area contributed by atoms with Crippen molar-refractivity contribution in [2.24, 2.45) is 5.41 Å². The second kappa shape index (κ2) is 4.72. The minimum absolute atomic E-state index is 0.374. The van der Waals surface area contributed by atoms with Crippen LogP contribution in [-0.2, 0) is 9.53 Å². The van der Waals surface area contributed by atoms with E-state index in [1.165, 1.54) is 32.1 Å². The number of nitrogens with zero attached hydrogens (tertiary/aromatic N) is 1. The van der Waals surface area contributed by atoms with Crippen LogP contribution in [0.1, 0.15) is 32.1 Å². The van der Waals surface area contributed by atoms with Gasteiger partial charge >= 0.3 is 5.97 Å². The van der Waals surface area contributed by atoms with Crippen molar-refractivity contribution in [3.05, 3.63) is 0 Å². The second-order valence-electron chi connectivity index (χ2n) is 5.29. The third-order valence-corrected chi connectivity index (χ3v) is 3.96. The van der Waals surface area contributed by atoms with E-state index in [1.54, 1.807) is 0 Å². The predicted molar refractivity (Wildman–Crippen MR) is 60.4 cm³/mol. The Balaban J connectivity index is 1.89. The van der Waals surface area contributed by atoms with Gasteiger partial charge in [0.05, 0.1) is 13.2 Å². The van der Waals surface area contributed by atoms with Crippen molar-refractivity contribution in [3.63, 3.8) is 0 Å². The Bertz CT molecular complexity index is 257. The van der Waals surface area contributed by atoms with Crippen LogP contribution >= 0.6 is 0 Å². The van der Waals surface area contributed by atoms with Crippen LogP contribution in [0, 0.1) is 5.41 Å². The maximum Gasteiger partial charge on any atom is 0.315 e. The number of hydrogen-bond acceptors (Lipinski definition) is 3. The van der Waals surface area contributed by atoms with E-state index in [-0.39, 0.29) is 0 Å². The normalized spacial score (nSPS) is 25.4. The third-order valence-electron chi connectivity index (χ3n) is 3.96. The molecule has 1 aliphatic heterocycles. The fraction of sp³-hybridized carbons (Fsp3) is 0.917. The molecule has 0 aromatic carbocycles. The van der Waals surface area contributed by atoms with Gasteiger partial charge in [-0.15, -0.1) is 0 Å². The highest BCUT2D eigenvalue weighted by molar-refractivity contribution is 5.76. The summed E-state index contributed by atoms with van der Waals surface area (Å²) in [6.45, 7) is 1.38. The molecular weight excluding hydrogens is 206 g/mol. The van der Waals surface area contributed by atoms with Crippen LogP contribution in [0.3, 0.4) is 0 Å². The van der Waals surface area contributed by atoms with E-state index >= 15 is 0 Å². The summed E-state index contributed by atoms with van der Waals surface area (Å²) in [5.74, 6) is -0.707. The van der Waals surface area contributed by atoms with Gasteiger partial charge in [0.25, 0.3) is 0 Å². The van der Waals surface area contributed by atoms with E-state index in [9.17, 15) is 9.90 Å². The van der Waals surface area contributed by atoms with Gasteiger partial charge in [0.1, 0.15) is 5.41 Å². The molecule has 92 valence electrons. The van der Waals surface area contributed by atoms with Gasteiger partial charge in [0.2, 0.25) is 0 Å². The summed E-state index contributed by atoms with van der Waals surface area (Å²) in [4.78, 5) is 13.4. The zero-order valence-electron chi connectivity index (χ0n) is 9.95. The number of ether oxygens (including phenoxy) is 1. The lowest BCUT2D eigenvalue weighted by molar-refractivity contribution is -0.184. The van der Waals surface area contributed by atoms with Gasteiger partial charge in [-0.2, -0.15) is 0 Å². The molecule has 0 radical (unpaired) electrons. The van der Waals surface area contributed by atoms with Crippen LogP contribution in [0.15, 0.2) is 0 Å². The summed E-state index contributed by atoms with van der Waals surface area (Å²) in [6, 6.07) is 0.575. The van der Waals surface area contributed by atoms with Crippen LogP contribution in [0.5, 0.6) is 0 Å². The summed E-state index contributed by atoms with van der Waals surface area (Å²) in [6.07, 6.45) is 6.33. The Morgan fingerprint density at radius 2 is 2.00 bits per heavy atom. The molecular formula is C12H21NO3. The molecule has 1 N–H and O–H groups in total. The van der Waals surface area contributed by atoms with Crippen molar-refractivity contribution in [2.75, 3.05) is 26.8 Å². The lowest BCUT2D eigenvalue weighted by atomic mass is 9.84. The first-order valence-electron chi connectivity index (χ1n) is 6.15. The maximum atomic E-state index is 11.2. The molecule has 16 heavy (non-hydrogen) atoms. The number of carbonyl (C=O) groups is 1. The van der Waals surface area contributed by atoms with Crippen molar-refractivity contribution < 1.29 is 14.6 Å². The van der Waals surface area contributed by atoms with Gasteiger partial charge in [-0.1, -0.05) is 19.3 Å². The van der Waals surface area contributed by atoms with Crippen LogP contribution < -0.4 is 0 Å². The summed E-state index contributed by atoms with van der Waals surface area (Å²) in [5.41, 5.74) is -0.633. The molecule has 0 atom stereocenters. The van der Waals surface area contributed by atoms with Crippen molar-refractivity contribution in [3.8, 4) is 0 Å². The summed E-state index contributed by atoms with van der Waals surface area (Å²) in [7, 11) is 2.05. The summed E-state index contributed by atoms with van der Waals surface area (Å²) in [5, 5.41) is 9.22. The standard InChI is InChI=1S/C12H21NO3/c1-13(10-5-3-2-4-6-10)7-12(11(14)15)8-16-9-12/h10H,2-9H2,1H3,(H,14,15). The fourth-order valence-electron chi connectivity index (χ4n) is 2.76. The number of carboxylic acids is 1. The zero-order valence-corrected chi connectivity index (χ0v) is 9.95. The summed E-state index contributed by atoms with van der Waals surface area (Å²) < 4.78 is 5.08. The van der Waals surface area contributed by atoms with Gasteiger partial charge in [-0.25, -0.2) is 0 Å². The summed E-state index contributed by atoms with van der Waals surface area (Å²) >= 11 is 0. The van der Waals surface area contributed by atoms with Gasteiger partial charge in [-0.05, 0) is 19.9 Å². The Labute approximate surface area is 96.6 Å². The van der Waals surface area contributed by atoms with Gasteiger partial charge in [0.15, 0.2) is 0 Å². The molecule has 0 unspecified atom stereocenters. The highest BCUT2D eigenvalue weighted by Crippen LogP contribution is 2.31. The number of aliphatic carboxylic acids is 1. The van der Waals surface area contributed by atoms with Crippen molar-refractivity contribution in [1.82, 2.24) is 4.90 Å². The Kier molecular flexibility index (Phi) is 3.50. The lowest BCUT2D eigenvalue weighted by Crippen LogP contribution is -2.56. The second-order valence-corrected chi connectivity index (χ2v) is 5.29. The van der Waals surface area contributed by atoms with E-state index in [2.05, 4.69) is 11.9 Å². The molecule has 0 aromatic heterocycles. The molecule has 1 saturated carbocycles.